The Morgan fingerprint density at radius 1 is 0.923 bits per heavy atom. The number of hydrogen-bond acceptors (Lipinski definition) is 5. The third kappa shape index (κ3) is 5.46. The molecule has 1 N–H and O–H groups in total. The van der Waals surface area contributed by atoms with E-state index in [2.05, 4.69) is 11.9 Å². The van der Waals surface area contributed by atoms with Gasteiger partial charge < -0.3 is 14.7 Å². The van der Waals surface area contributed by atoms with Gasteiger partial charge in [0.2, 0.25) is 0 Å². The quantitative estimate of drug-likeness (QED) is 0.172. The average molecular weight is 519 g/mol. The van der Waals surface area contributed by atoms with Crippen LogP contribution in [0.4, 0.5) is 0 Å². The summed E-state index contributed by atoms with van der Waals surface area (Å²) in [5.74, 6) is -0.898. The van der Waals surface area contributed by atoms with Gasteiger partial charge in [-0.2, -0.15) is 0 Å². The maximum atomic E-state index is 13.4. The lowest BCUT2D eigenvalue weighted by Gasteiger charge is -2.25. The Hall–Kier alpha value is -4.71. The Balaban J connectivity index is 1.52. The molecule has 6 nitrogen and oxygen atoms in total. The highest BCUT2D eigenvalue weighted by molar-refractivity contribution is 6.46. The second-order valence-corrected chi connectivity index (χ2v) is 9.63. The summed E-state index contributed by atoms with van der Waals surface area (Å²) in [5.41, 5.74) is 5.04. The van der Waals surface area contributed by atoms with Crippen LogP contribution in [0.5, 0.6) is 5.75 Å². The summed E-state index contributed by atoms with van der Waals surface area (Å²) in [6.07, 6.45) is 4.21. The highest BCUT2D eigenvalue weighted by atomic mass is 16.5. The summed E-state index contributed by atoms with van der Waals surface area (Å²) in [6, 6.07) is 25.9. The number of carbonyl (C=O) groups excluding carboxylic acids is 2. The number of aliphatic hydroxyl groups excluding tert-OH is 1. The van der Waals surface area contributed by atoms with Gasteiger partial charge in [0.25, 0.3) is 11.7 Å². The van der Waals surface area contributed by atoms with Crippen molar-refractivity contribution in [2.24, 2.45) is 0 Å². The van der Waals surface area contributed by atoms with Gasteiger partial charge in [0.15, 0.2) is 0 Å². The molecule has 0 bridgehead atoms. The molecular weight excluding hydrogens is 488 g/mol. The van der Waals surface area contributed by atoms with Crippen molar-refractivity contribution in [2.75, 3.05) is 0 Å². The number of likely N-dealkylation sites (tertiary alicyclic amines) is 1. The molecule has 1 aliphatic heterocycles. The van der Waals surface area contributed by atoms with E-state index in [9.17, 15) is 14.7 Å². The van der Waals surface area contributed by atoms with E-state index in [1.54, 1.807) is 30.6 Å². The van der Waals surface area contributed by atoms with Crippen molar-refractivity contribution >= 4 is 17.4 Å². The van der Waals surface area contributed by atoms with Gasteiger partial charge >= 0.3 is 0 Å². The van der Waals surface area contributed by atoms with Crippen LogP contribution in [0.1, 0.15) is 46.3 Å². The second kappa shape index (κ2) is 11.4. The molecule has 5 rings (SSSR count). The van der Waals surface area contributed by atoms with Crippen LogP contribution >= 0.6 is 0 Å². The van der Waals surface area contributed by atoms with Crippen LogP contribution in [0.3, 0.4) is 0 Å². The molecule has 6 heteroatoms. The predicted octanol–water partition coefficient (Wildman–Crippen LogP) is 6.15. The average Bonchev–Trinajstić information content (AvgIpc) is 3.22. The number of ketones is 1. The minimum absolute atomic E-state index is 0.0780. The first kappa shape index (κ1) is 25.9. The molecule has 4 aromatic rings. The molecule has 1 atom stereocenters. The van der Waals surface area contributed by atoms with Crippen molar-refractivity contribution in [2.45, 2.75) is 39.5 Å². The number of pyridine rings is 1. The van der Waals surface area contributed by atoms with Gasteiger partial charge in [0, 0.05) is 24.5 Å². The zero-order chi connectivity index (χ0) is 27.4. The van der Waals surface area contributed by atoms with E-state index in [4.69, 9.17) is 4.74 Å². The third-order valence-corrected chi connectivity index (χ3v) is 7.02. The Bertz CT molecular complexity index is 1510. The lowest BCUT2D eigenvalue weighted by Crippen LogP contribution is -2.29. The zero-order valence-corrected chi connectivity index (χ0v) is 22.0. The van der Waals surface area contributed by atoms with E-state index in [0.29, 0.717) is 17.9 Å². The molecule has 1 amide bonds. The van der Waals surface area contributed by atoms with Crippen LogP contribution in [0.15, 0.2) is 103 Å². The summed E-state index contributed by atoms with van der Waals surface area (Å²) in [7, 11) is 0. The van der Waals surface area contributed by atoms with E-state index in [-0.39, 0.29) is 17.9 Å². The number of aryl methyl sites for hydroxylation is 2. The van der Waals surface area contributed by atoms with Crippen LogP contribution in [0.2, 0.25) is 0 Å². The molecule has 39 heavy (non-hydrogen) atoms. The maximum Gasteiger partial charge on any atom is 0.295 e. The largest absolute Gasteiger partial charge is 0.507 e. The van der Waals surface area contributed by atoms with E-state index in [1.807, 2.05) is 73.7 Å². The lowest BCUT2D eigenvalue weighted by molar-refractivity contribution is -0.140. The standard InChI is InChI=1S/C33H30N2O4/c1-3-23-11-13-26(14-12-23)30-29(32(37)33(38)35(30)20-25-10-7-17-34-19-25)31(36)28-16-15-27(18-22(28)2)39-21-24-8-5-4-6-9-24/h4-19,30,36H,3,20-21H2,1-2H3/b31-29+. The SMILES string of the molecule is CCc1ccc(C2/C(=C(\O)c3ccc(OCc4ccccc4)cc3C)C(=O)C(=O)N2Cc2cccnc2)cc1. The highest BCUT2D eigenvalue weighted by Crippen LogP contribution is 2.41. The second-order valence-electron chi connectivity index (χ2n) is 9.63. The van der Waals surface area contributed by atoms with Gasteiger partial charge in [0.1, 0.15) is 18.1 Å². The molecule has 0 aliphatic carbocycles. The number of rotatable bonds is 8. The summed E-state index contributed by atoms with van der Waals surface area (Å²) < 4.78 is 5.93. The molecule has 3 aromatic carbocycles. The molecule has 196 valence electrons. The van der Waals surface area contributed by atoms with E-state index in [1.165, 1.54) is 4.90 Å². The van der Waals surface area contributed by atoms with Crippen LogP contribution in [0, 0.1) is 6.92 Å². The normalized spacial score (nSPS) is 16.5. The first-order valence-electron chi connectivity index (χ1n) is 13.0. The highest BCUT2D eigenvalue weighted by Gasteiger charge is 2.46. The molecule has 0 saturated carbocycles. The van der Waals surface area contributed by atoms with Gasteiger partial charge in [-0.05, 0) is 65.4 Å². The van der Waals surface area contributed by atoms with Crippen molar-refractivity contribution in [3.05, 3.63) is 136 Å². The smallest absolute Gasteiger partial charge is 0.295 e. The number of aromatic nitrogens is 1. The topological polar surface area (TPSA) is 79.7 Å². The zero-order valence-electron chi connectivity index (χ0n) is 22.0. The van der Waals surface area contributed by atoms with Crippen LogP contribution < -0.4 is 4.74 Å². The molecule has 1 fully saturated rings. The van der Waals surface area contributed by atoms with E-state index in [0.717, 1.165) is 34.2 Å². The molecule has 1 saturated heterocycles. The fraction of sp³-hybridized carbons (Fsp3) is 0.182. The van der Waals surface area contributed by atoms with Crippen LogP contribution in [-0.2, 0) is 29.2 Å². The van der Waals surface area contributed by atoms with Crippen LogP contribution in [-0.4, -0.2) is 26.7 Å². The maximum absolute atomic E-state index is 13.4. The molecule has 1 aliphatic rings. The number of nitrogens with zero attached hydrogens (tertiary/aromatic N) is 2. The Kier molecular flexibility index (Phi) is 7.55. The van der Waals surface area contributed by atoms with Gasteiger partial charge in [-0.25, -0.2) is 0 Å². The van der Waals surface area contributed by atoms with Crippen LogP contribution in [0.25, 0.3) is 5.76 Å². The number of aliphatic hydroxyl groups is 1. The van der Waals surface area contributed by atoms with Crippen molar-refractivity contribution in [1.82, 2.24) is 9.88 Å². The Morgan fingerprint density at radius 2 is 1.67 bits per heavy atom. The third-order valence-electron chi connectivity index (χ3n) is 7.02. The van der Waals surface area contributed by atoms with Gasteiger partial charge in [-0.3, -0.25) is 14.6 Å². The van der Waals surface area contributed by atoms with Gasteiger partial charge in [-0.1, -0.05) is 67.6 Å². The summed E-state index contributed by atoms with van der Waals surface area (Å²) >= 11 is 0. The van der Waals surface area contributed by atoms with Gasteiger partial charge in [0.05, 0.1) is 11.6 Å². The molecule has 0 radical (unpaired) electrons. The van der Waals surface area contributed by atoms with Crippen molar-refractivity contribution in [1.29, 1.82) is 0 Å². The number of Topliss-reactive ketones (excluding diaryl/α,β-unsaturated/α-hetero) is 1. The predicted molar refractivity (Wildman–Crippen MR) is 150 cm³/mol. The number of amides is 1. The van der Waals surface area contributed by atoms with E-state index < -0.39 is 17.7 Å². The van der Waals surface area contributed by atoms with E-state index >= 15 is 0 Å². The number of hydrogen-bond donors (Lipinski definition) is 1. The van der Waals surface area contributed by atoms with Crippen molar-refractivity contribution in [3.8, 4) is 5.75 Å². The molecule has 2 heterocycles. The summed E-state index contributed by atoms with van der Waals surface area (Å²) in [6.45, 7) is 4.53. The molecular formula is C33H30N2O4. The van der Waals surface area contributed by atoms with Crippen molar-refractivity contribution in [3.63, 3.8) is 0 Å². The minimum Gasteiger partial charge on any atom is -0.507 e. The van der Waals surface area contributed by atoms with Crippen molar-refractivity contribution < 1.29 is 19.4 Å². The Morgan fingerprint density at radius 3 is 2.33 bits per heavy atom. The molecule has 0 spiro atoms. The summed E-state index contributed by atoms with van der Waals surface area (Å²) in [5, 5.41) is 11.5. The first-order valence-corrected chi connectivity index (χ1v) is 13.0. The molecule has 1 aromatic heterocycles. The molecule has 1 unspecified atom stereocenters. The summed E-state index contributed by atoms with van der Waals surface area (Å²) in [4.78, 5) is 32.4. The number of carbonyl (C=O) groups is 2. The first-order chi connectivity index (χ1) is 19.0. The fourth-order valence-corrected chi connectivity index (χ4v) is 4.89. The lowest BCUT2D eigenvalue weighted by atomic mass is 9.93. The fourth-order valence-electron chi connectivity index (χ4n) is 4.89. The monoisotopic (exact) mass is 518 g/mol. The number of ether oxygens (including phenoxy) is 1. The minimum atomic E-state index is -0.732. The van der Waals surface area contributed by atoms with Gasteiger partial charge in [-0.15, -0.1) is 0 Å². The number of benzene rings is 3. The Labute approximate surface area is 228 Å².